The van der Waals surface area contributed by atoms with Crippen molar-refractivity contribution in [2.75, 3.05) is 19.8 Å². The topological polar surface area (TPSA) is 49.8 Å². The van der Waals surface area contributed by atoms with Crippen LogP contribution >= 0.6 is 0 Å². The number of carbonyl (C=O) groups is 1. The van der Waals surface area contributed by atoms with Crippen LogP contribution in [0.15, 0.2) is 0 Å². The fraction of sp³-hybridized carbons (Fsp3) is 0.909. The van der Waals surface area contributed by atoms with Gasteiger partial charge in [-0.3, -0.25) is 4.90 Å². The third-order valence-corrected chi connectivity index (χ3v) is 3.70. The molecule has 86 valence electrons. The zero-order chi connectivity index (χ0) is 10.9. The molecule has 1 saturated carbocycles. The number of nitrogens with zero attached hydrogens (tertiary/aromatic N) is 1. The summed E-state index contributed by atoms with van der Waals surface area (Å²) in [4.78, 5) is 13.3. The predicted octanol–water partition coefficient (Wildman–Crippen LogP) is 1.38. The van der Waals surface area contributed by atoms with Crippen molar-refractivity contribution in [3.63, 3.8) is 0 Å². The molecule has 2 unspecified atom stereocenters. The Morgan fingerprint density at radius 2 is 2.47 bits per heavy atom. The Kier molecular flexibility index (Phi) is 2.87. The van der Waals surface area contributed by atoms with Gasteiger partial charge in [0.15, 0.2) is 0 Å². The van der Waals surface area contributed by atoms with Gasteiger partial charge in [0.25, 0.3) is 0 Å². The number of hydrogen-bond acceptors (Lipinski definition) is 3. The Morgan fingerprint density at radius 1 is 1.67 bits per heavy atom. The van der Waals surface area contributed by atoms with Gasteiger partial charge in [-0.2, -0.15) is 0 Å². The van der Waals surface area contributed by atoms with Crippen LogP contribution in [0.5, 0.6) is 0 Å². The lowest BCUT2D eigenvalue weighted by Gasteiger charge is -2.44. The summed E-state index contributed by atoms with van der Waals surface area (Å²) in [6.07, 6.45) is 3.84. The molecule has 1 N–H and O–H groups in total. The number of amides is 1. The van der Waals surface area contributed by atoms with E-state index in [1.165, 1.54) is 6.42 Å². The van der Waals surface area contributed by atoms with E-state index in [1.54, 1.807) is 4.90 Å². The average Bonchev–Trinajstić information content (AvgIpc) is 2.65. The molecule has 2 atom stereocenters. The van der Waals surface area contributed by atoms with E-state index in [0.717, 1.165) is 19.3 Å². The molecule has 1 saturated heterocycles. The molecule has 0 aromatic carbocycles. The quantitative estimate of drug-likeness (QED) is 0.754. The highest BCUT2D eigenvalue weighted by molar-refractivity contribution is 5.70. The Morgan fingerprint density at radius 3 is 3.00 bits per heavy atom. The maximum absolute atomic E-state index is 11.5. The van der Waals surface area contributed by atoms with Gasteiger partial charge < -0.3 is 9.84 Å². The fourth-order valence-corrected chi connectivity index (χ4v) is 2.93. The maximum Gasteiger partial charge on any atom is 0.410 e. The van der Waals surface area contributed by atoms with E-state index in [9.17, 15) is 9.90 Å². The van der Waals surface area contributed by atoms with Gasteiger partial charge in [-0.15, -0.1) is 0 Å². The molecule has 0 aromatic rings. The van der Waals surface area contributed by atoms with Gasteiger partial charge in [-0.05, 0) is 18.8 Å². The van der Waals surface area contributed by atoms with Crippen molar-refractivity contribution >= 4 is 6.09 Å². The average molecular weight is 213 g/mol. The van der Waals surface area contributed by atoms with E-state index in [-0.39, 0.29) is 18.2 Å². The third-order valence-electron chi connectivity index (χ3n) is 3.70. The second kappa shape index (κ2) is 4.00. The summed E-state index contributed by atoms with van der Waals surface area (Å²) in [6.45, 7) is 3.35. The number of cyclic esters (lactones) is 1. The van der Waals surface area contributed by atoms with Crippen LogP contribution < -0.4 is 0 Å². The van der Waals surface area contributed by atoms with Crippen LogP contribution in [0.25, 0.3) is 0 Å². The Hall–Kier alpha value is -0.770. The van der Waals surface area contributed by atoms with Gasteiger partial charge in [0.05, 0.1) is 18.7 Å². The Bertz CT molecular complexity index is 256. The minimum atomic E-state index is -0.342. The van der Waals surface area contributed by atoms with Gasteiger partial charge >= 0.3 is 6.09 Å². The molecule has 1 heterocycles. The summed E-state index contributed by atoms with van der Waals surface area (Å²) in [5, 5.41) is 9.59. The van der Waals surface area contributed by atoms with Gasteiger partial charge in [0.2, 0.25) is 0 Å². The first-order valence-corrected chi connectivity index (χ1v) is 5.73. The molecule has 4 nitrogen and oxygen atoms in total. The first-order valence-electron chi connectivity index (χ1n) is 5.73. The minimum absolute atomic E-state index is 0.0619. The first-order chi connectivity index (χ1) is 7.18. The van der Waals surface area contributed by atoms with Crippen molar-refractivity contribution in [3.8, 4) is 0 Å². The molecule has 1 aliphatic heterocycles. The molecule has 15 heavy (non-hydrogen) atoms. The van der Waals surface area contributed by atoms with Gasteiger partial charge in [0, 0.05) is 0 Å². The fourth-order valence-electron chi connectivity index (χ4n) is 2.93. The second-order valence-electron chi connectivity index (χ2n) is 4.85. The third kappa shape index (κ3) is 1.83. The van der Waals surface area contributed by atoms with E-state index < -0.39 is 0 Å². The summed E-state index contributed by atoms with van der Waals surface area (Å²) in [5.74, 6) is 0.583. The largest absolute Gasteiger partial charge is 0.448 e. The molecule has 4 heteroatoms. The molecule has 0 radical (unpaired) electrons. The summed E-state index contributed by atoms with van der Waals surface area (Å²) >= 11 is 0. The van der Waals surface area contributed by atoms with Crippen molar-refractivity contribution < 1.29 is 14.6 Å². The van der Waals surface area contributed by atoms with Crippen molar-refractivity contribution in [2.45, 2.75) is 38.1 Å². The Balaban J connectivity index is 2.16. The monoisotopic (exact) mass is 213 g/mol. The lowest BCUT2D eigenvalue weighted by atomic mass is 9.76. The van der Waals surface area contributed by atoms with E-state index in [4.69, 9.17) is 4.74 Å². The van der Waals surface area contributed by atoms with Crippen LogP contribution in [0.1, 0.15) is 32.6 Å². The molecular formula is C11H19NO3. The normalized spacial score (nSPS) is 36.8. The van der Waals surface area contributed by atoms with E-state index in [2.05, 4.69) is 6.92 Å². The molecule has 1 amide bonds. The highest BCUT2D eigenvalue weighted by atomic mass is 16.6. The second-order valence-corrected chi connectivity index (χ2v) is 4.85. The number of hydrogen-bond donors (Lipinski definition) is 1. The summed E-state index contributed by atoms with van der Waals surface area (Å²) in [7, 11) is 0. The summed E-state index contributed by atoms with van der Waals surface area (Å²) in [6, 6.07) is 0. The molecule has 2 aliphatic rings. The van der Waals surface area contributed by atoms with Crippen molar-refractivity contribution in [1.29, 1.82) is 0 Å². The van der Waals surface area contributed by atoms with Crippen LogP contribution in [-0.4, -0.2) is 41.4 Å². The first kappa shape index (κ1) is 10.7. The molecule has 2 fully saturated rings. The van der Waals surface area contributed by atoms with Crippen molar-refractivity contribution in [1.82, 2.24) is 4.90 Å². The highest BCUT2D eigenvalue weighted by Gasteiger charge is 2.44. The number of aliphatic hydroxyl groups is 1. The highest BCUT2D eigenvalue weighted by Crippen LogP contribution is 2.37. The summed E-state index contributed by atoms with van der Waals surface area (Å²) in [5.41, 5.74) is -0.342. The van der Waals surface area contributed by atoms with Gasteiger partial charge in [-0.25, -0.2) is 4.79 Å². The van der Waals surface area contributed by atoms with Crippen LogP contribution in [-0.2, 0) is 4.74 Å². The van der Waals surface area contributed by atoms with Crippen LogP contribution in [0.4, 0.5) is 4.79 Å². The van der Waals surface area contributed by atoms with E-state index in [1.807, 2.05) is 0 Å². The minimum Gasteiger partial charge on any atom is -0.448 e. The molecule has 0 aromatic heterocycles. The molecule has 2 rings (SSSR count). The molecule has 0 bridgehead atoms. The van der Waals surface area contributed by atoms with Gasteiger partial charge in [0.1, 0.15) is 6.61 Å². The van der Waals surface area contributed by atoms with Crippen molar-refractivity contribution in [2.24, 2.45) is 5.92 Å². The van der Waals surface area contributed by atoms with E-state index >= 15 is 0 Å². The maximum atomic E-state index is 11.5. The lowest BCUT2D eigenvalue weighted by molar-refractivity contribution is 0.0186. The van der Waals surface area contributed by atoms with Crippen LogP contribution in [0.3, 0.4) is 0 Å². The number of ether oxygens (including phenoxy) is 1. The Labute approximate surface area is 90.2 Å². The van der Waals surface area contributed by atoms with Crippen LogP contribution in [0.2, 0.25) is 0 Å². The molecule has 0 spiro atoms. The number of aliphatic hydroxyl groups excluding tert-OH is 1. The zero-order valence-electron chi connectivity index (χ0n) is 9.24. The standard InChI is InChI=1S/C11H19NO3/c1-9-3-2-4-11(7-9,8-13)12-5-6-15-10(12)14/h9,13H,2-8H2,1H3. The molecule has 1 aliphatic carbocycles. The van der Waals surface area contributed by atoms with Crippen molar-refractivity contribution in [3.05, 3.63) is 0 Å². The predicted molar refractivity (Wildman–Crippen MR) is 55.5 cm³/mol. The lowest BCUT2D eigenvalue weighted by Crippen LogP contribution is -2.54. The molecular weight excluding hydrogens is 194 g/mol. The van der Waals surface area contributed by atoms with Crippen LogP contribution in [0, 0.1) is 5.92 Å². The zero-order valence-corrected chi connectivity index (χ0v) is 9.24. The summed E-state index contributed by atoms with van der Waals surface area (Å²) < 4.78 is 4.96. The number of rotatable bonds is 2. The van der Waals surface area contributed by atoms with Gasteiger partial charge in [-0.1, -0.05) is 19.8 Å². The SMILES string of the molecule is CC1CCCC(CO)(N2CCOC2=O)C1. The van der Waals surface area contributed by atoms with E-state index in [0.29, 0.717) is 19.1 Å². The number of carbonyl (C=O) groups excluding carboxylic acids is 1. The smallest absolute Gasteiger partial charge is 0.410 e.